The van der Waals surface area contributed by atoms with Gasteiger partial charge in [0.2, 0.25) is 11.8 Å². The first-order valence-electron chi connectivity index (χ1n) is 10.5. The topological polar surface area (TPSA) is 52.7 Å². The average Bonchev–Trinajstić information content (AvgIpc) is 2.75. The molecule has 1 unspecified atom stereocenters. The molecule has 7 heteroatoms. The third-order valence-electron chi connectivity index (χ3n) is 5.74. The van der Waals surface area contributed by atoms with E-state index in [1.165, 1.54) is 35.5 Å². The van der Waals surface area contributed by atoms with Crippen molar-refractivity contribution in [2.24, 2.45) is 0 Å². The molecule has 1 N–H and O–H groups in total. The highest BCUT2D eigenvalue weighted by Gasteiger charge is 2.28. The van der Waals surface area contributed by atoms with E-state index < -0.39 is 6.04 Å². The molecule has 0 bridgehead atoms. The SMILES string of the molecule is CC(=O)NC(CSc1ccc(C)c(Cl)c1)C(=O)N1CCN(c2cccc(C)c2C)CC1. The van der Waals surface area contributed by atoms with Crippen molar-refractivity contribution >= 4 is 40.9 Å². The van der Waals surface area contributed by atoms with Crippen LogP contribution in [0.2, 0.25) is 5.02 Å². The average molecular weight is 460 g/mol. The summed E-state index contributed by atoms with van der Waals surface area (Å²) in [7, 11) is 0. The van der Waals surface area contributed by atoms with E-state index in [2.05, 4.69) is 42.3 Å². The molecule has 0 spiro atoms. The van der Waals surface area contributed by atoms with Gasteiger partial charge in [0.15, 0.2) is 0 Å². The lowest BCUT2D eigenvalue weighted by molar-refractivity contribution is -0.135. The van der Waals surface area contributed by atoms with Crippen LogP contribution >= 0.6 is 23.4 Å². The third-order valence-corrected chi connectivity index (χ3v) is 7.24. The van der Waals surface area contributed by atoms with Crippen LogP contribution in [0.15, 0.2) is 41.3 Å². The Morgan fingerprint density at radius 2 is 1.77 bits per heavy atom. The molecule has 1 heterocycles. The summed E-state index contributed by atoms with van der Waals surface area (Å²) in [6.45, 7) is 10.5. The number of anilines is 1. The molecule has 2 aromatic rings. The Bertz CT molecular complexity index is 958. The normalized spacial score (nSPS) is 15.0. The van der Waals surface area contributed by atoms with Gasteiger partial charge in [-0.3, -0.25) is 9.59 Å². The monoisotopic (exact) mass is 459 g/mol. The van der Waals surface area contributed by atoms with E-state index in [0.29, 0.717) is 23.9 Å². The highest BCUT2D eigenvalue weighted by Crippen LogP contribution is 2.26. The van der Waals surface area contributed by atoms with E-state index in [1.807, 2.05) is 30.0 Å². The van der Waals surface area contributed by atoms with Crippen LogP contribution < -0.4 is 10.2 Å². The minimum atomic E-state index is -0.560. The minimum absolute atomic E-state index is 0.0264. The lowest BCUT2D eigenvalue weighted by atomic mass is 10.1. The van der Waals surface area contributed by atoms with Crippen molar-refractivity contribution in [2.75, 3.05) is 36.8 Å². The van der Waals surface area contributed by atoms with Crippen LogP contribution in [-0.4, -0.2) is 54.7 Å². The van der Waals surface area contributed by atoms with Crippen LogP contribution in [-0.2, 0) is 9.59 Å². The van der Waals surface area contributed by atoms with Crippen molar-refractivity contribution < 1.29 is 9.59 Å². The highest BCUT2D eigenvalue weighted by molar-refractivity contribution is 7.99. The largest absolute Gasteiger partial charge is 0.368 e. The molecule has 1 aliphatic rings. The molecule has 2 amide bonds. The van der Waals surface area contributed by atoms with Gasteiger partial charge in [0, 0.05) is 54.5 Å². The van der Waals surface area contributed by atoms with Crippen molar-refractivity contribution in [1.29, 1.82) is 0 Å². The fraction of sp³-hybridized carbons (Fsp3) is 0.417. The molecule has 1 atom stereocenters. The van der Waals surface area contributed by atoms with Crippen LogP contribution in [0.1, 0.15) is 23.6 Å². The Hall–Kier alpha value is -2.18. The molecular weight excluding hydrogens is 430 g/mol. The molecule has 0 saturated carbocycles. The third kappa shape index (κ3) is 5.95. The second kappa shape index (κ2) is 10.4. The Balaban J connectivity index is 1.63. The van der Waals surface area contributed by atoms with E-state index in [4.69, 9.17) is 11.6 Å². The number of halogens is 1. The first-order chi connectivity index (χ1) is 14.8. The summed E-state index contributed by atoms with van der Waals surface area (Å²) in [5, 5.41) is 3.54. The number of nitrogens with zero attached hydrogens (tertiary/aromatic N) is 2. The van der Waals surface area contributed by atoms with Crippen molar-refractivity contribution in [3.63, 3.8) is 0 Å². The molecule has 3 rings (SSSR count). The summed E-state index contributed by atoms with van der Waals surface area (Å²) < 4.78 is 0. The summed E-state index contributed by atoms with van der Waals surface area (Å²) in [6.07, 6.45) is 0. The molecule has 0 radical (unpaired) electrons. The summed E-state index contributed by atoms with van der Waals surface area (Å²) in [6, 6.07) is 11.6. The van der Waals surface area contributed by atoms with Crippen LogP contribution in [0, 0.1) is 20.8 Å². The van der Waals surface area contributed by atoms with Crippen molar-refractivity contribution in [3.05, 3.63) is 58.1 Å². The Kier molecular flexibility index (Phi) is 7.89. The van der Waals surface area contributed by atoms with Gasteiger partial charge in [-0.1, -0.05) is 29.8 Å². The Morgan fingerprint density at radius 3 is 2.42 bits per heavy atom. The minimum Gasteiger partial charge on any atom is -0.368 e. The number of carbonyl (C=O) groups is 2. The fourth-order valence-electron chi connectivity index (χ4n) is 3.73. The smallest absolute Gasteiger partial charge is 0.246 e. The first kappa shape index (κ1) is 23.5. The molecule has 1 aliphatic heterocycles. The molecule has 166 valence electrons. The summed E-state index contributed by atoms with van der Waals surface area (Å²) >= 11 is 7.75. The standard InChI is InChI=1S/C24H30ClN3O2S/c1-16-6-5-7-23(18(16)3)27-10-12-28(13-11-27)24(30)22(26-19(4)29)15-31-20-9-8-17(2)21(25)14-20/h5-9,14,22H,10-13,15H2,1-4H3,(H,26,29). The van der Waals surface area contributed by atoms with Gasteiger partial charge in [-0.25, -0.2) is 0 Å². The molecule has 31 heavy (non-hydrogen) atoms. The lowest BCUT2D eigenvalue weighted by Gasteiger charge is -2.38. The first-order valence-corrected chi connectivity index (χ1v) is 11.9. The van der Waals surface area contributed by atoms with Gasteiger partial charge < -0.3 is 15.1 Å². The predicted octanol–water partition coefficient (Wildman–Crippen LogP) is 4.21. The number of piperazine rings is 1. The zero-order valence-corrected chi connectivity index (χ0v) is 20.1. The molecule has 1 saturated heterocycles. The molecule has 5 nitrogen and oxygen atoms in total. The summed E-state index contributed by atoms with van der Waals surface area (Å²) in [4.78, 5) is 30.1. The maximum Gasteiger partial charge on any atom is 0.246 e. The zero-order chi connectivity index (χ0) is 22.5. The maximum absolute atomic E-state index is 13.2. The van der Waals surface area contributed by atoms with Gasteiger partial charge in [0.1, 0.15) is 6.04 Å². The predicted molar refractivity (Wildman–Crippen MR) is 129 cm³/mol. The molecule has 2 aromatic carbocycles. The van der Waals surface area contributed by atoms with Gasteiger partial charge in [0.25, 0.3) is 0 Å². The molecule has 1 fully saturated rings. The maximum atomic E-state index is 13.2. The van der Waals surface area contributed by atoms with Crippen LogP contribution in [0.25, 0.3) is 0 Å². The van der Waals surface area contributed by atoms with Crippen molar-refractivity contribution in [3.8, 4) is 0 Å². The number of hydrogen-bond donors (Lipinski definition) is 1. The van der Waals surface area contributed by atoms with Gasteiger partial charge in [0.05, 0.1) is 0 Å². The Morgan fingerprint density at radius 1 is 1.06 bits per heavy atom. The number of rotatable bonds is 6. The quantitative estimate of drug-likeness (QED) is 0.657. The van der Waals surface area contributed by atoms with Crippen molar-refractivity contribution in [1.82, 2.24) is 10.2 Å². The second-order valence-corrected chi connectivity index (χ2v) is 9.51. The zero-order valence-electron chi connectivity index (χ0n) is 18.6. The summed E-state index contributed by atoms with van der Waals surface area (Å²) in [5.74, 6) is 0.242. The van der Waals surface area contributed by atoms with E-state index in [9.17, 15) is 9.59 Å². The number of aryl methyl sites for hydroxylation is 2. The van der Waals surface area contributed by atoms with Gasteiger partial charge >= 0.3 is 0 Å². The van der Waals surface area contributed by atoms with Gasteiger partial charge in [-0.15, -0.1) is 11.8 Å². The molecule has 0 aromatic heterocycles. The fourth-order valence-corrected chi connectivity index (χ4v) is 4.93. The van der Waals surface area contributed by atoms with Crippen LogP contribution in [0.4, 0.5) is 5.69 Å². The number of amides is 2. The van der Waals surface area contributed by atoms with E-state index in [1.54, 1.807) is 0 Å². The van der Waals surface area contributed by atoms with Crippen LogP contribution in [0.3, 0.4) is 0 Å². The number of hydrogen-bond acceptors (Lipinski definition) is 4. The number of nitrogens with one attached hydrogen (secondary N) is 1. The molecule has 0 aliphatic carbocycles. The van der Waals surface area contributed by atoms with E-state index in [-0.39, 0.29) is 11.8 Å². The van der Waals surface area contributed by atoms with Gasteiger partial charge in [-0.2, -0.15) is 0 Å². The van der Waals surface area contributed by atoms with E-state index in [0.717, 1.165) is 23.5 Å². The number of carbonyl (C=O) groups excluding carboxylic acids is 2. The highest BCUT2D eigenvalue weighted by atomic mass is 35.5. The van der Waals surface area contributed by atoms with Crippen LogP contribution in [0.5, 0.6) is 0 Å². The number of thioether (sulfide) groups is 1. The van der Waals surface area contributed by atoms with E-state index >= 15 is 0 Å². The summed E-state index contributed by atoms with van der Waals surface area (Å²) in [5.41, 5.74) is 4.81. The lowest BCUT2D eigenvalue weighted by Crippen LogP contribution is -2.55. The molecular formula is C24H30ClN3O2S. The number of benzene rings is 2. The van der Waals surface area contributed by atoms with Crippen molar-refractivity contribution in [2.45, 2.75) is 38.6 Å². The Labute approximate surface area is 194 Å². The second-order valence-electron chi connectivity index (χ2n) is 8.01. The van der Waals surface area contributed by atoms with Gasteiger partial charge in [-0.05, 0) is 55.7 Å².